The molecule has 0 aromatic heterocycles. The summed E-state index contributed by atoms with van der Waals surface area (Å²) in [6, 6.07) is 8.79. The highest BCUT2D eigenvalue weighted by Crippen LogP contribution is 2.48. The molecule has 1 aromatic rings. The predicted octanol–water partition coefficient (Wildman–Crippen LogP) is 3.72. The minimum Gasteiger partial charge on any atom is -0.349 e. The lowest BCUT2D eigenvalue weighted by molar-refractivity contribution is -0.124. The maximum absolute atomic E-state index is 12.5. The van der Waals surface area contributed by atoms with Crippen LogP contribution in [0.25, 0.3) is 0 Å². The van der Waals surface area contributed by atoms with Gasteiger partial charge < -0.3 is 11.1 Å². The molecular formula is C19H29ClN2O. The van der Waals surface area contributed by atoms with Gasteiger partial charge in [0.05, 0.1) is 5.54 Å². The molecule has 2 fully saturated rings. The van der Waals surface area contributed by atoms with Crippen LogP contribution in [0, 0.1) is 5.92 Å². The molecule has 3 nitrogen and oxygen atoms in total. The molecule has 0 saturated heterocycles. The minimum absolute atomic E-state index is 0. The lowest BCUT2D eigenvalue weighted by Gasteiger charge is -2.28. The quantitative estimate of drug-likeness (QED) is 0.861. The Hall–Kier alpha value is -1.06. The molecule has 2 atom stereocenters. The van der Waals surface area contributed by atoms with Crippen molar-refractivity contribution in [2.45, 2.75) is 63.3 Å². The Balaban J connectivity index is 0.00000192. The number of benzene rings is 1. The highest BCUT2D eigenvalue weighted by molar-refractivity contribution is 5.85. The van der Waals surface area contributed by atoms with Gasteiger partial charge in [0.25, 0.3) is 0 Å². The van der Waals surface area contributed by atoms with Gasteiger partial charge >= 0.3 is 0 Å². The standard InChI is InChI=1S/C19H28N2O.ClH/c1-13(2)14-5-7-15(8-6-14)16-11-17(16)18(22)21-19(12-20)9-3-4-10-19;/h5-8,13,16-17H,3-4,9-12,20H2,1-2H3,(H,21,22);1H. The van der Waals surface area contributed by atoms with Crippen LogP contribution in [0.2, 0.25) is 0 Å². The normalized spacial score (nSPS) is 25.0. The van der Waals surface area contributed by atoms with Gasteiger partial charge in [0.2, 0.25) is 5.91 Å². The van der Waals surface area contributed by atoms with E-state index in [1.165, 1.54) is 24.0 Å². The Labute approximate surface area is 145 Å². The summed E-state index contributed by atoms with van der Waals surface area (Å²) in [5, 5.41) is 3.27. The highest BCUT2D eigenvalue weighted by atomic mass is 35.5. The average Bonchev–Trinajstić information content (AvgIpc) is 3.20. The summed E-state index contributed by atoms with van der Waals surface area (Å²) in [7, 11) is 0. The molecule has 0 heterocycles. The zero-order valence-corrected chi connectivity index (χ0v) is 15.0. The van der Waals surface area contributed by atoms with Crippen molar-refractivity contribution in [3.05, 3.63) is 35.4 Å². The van der Waals surface area contributed by atoms with Crippen molar-refractivity contribution in [1.82, 2.24) is 5.32 Å². The third-order valence-corrected chi connectivity index (χ3v) is 5.50. The van der Waals surface area contributed by atoms with Crippen LogP contribution in [0.4, 0.5) is 0 Å². The van der Waals surface area contributed by atoms with E-state index in [9.17, 15) is 4.79 Å². The molecule has 128 valence electrons. The Bertz CT molecular complexity index is 535. The minimum atomic E-state index is -0.119. The Morgan fingerprint density at radius 1 is 1.26 bits per heavy atom. The van der Waals surface area contributed by atoms with Crippen molar-refractivity contribution in [3.63, 3.8) is 0 Å². The lowest BCUT2D eigenvalue weighted by atomic mass is 9.97. The van der Waals surface area contributed by atoms with Gasteiger partial charge in [0.15, 0.2) is 0 Å². The monoisotopic (exact) mass is 336 g/mol. The summed E-state index contributed by atoms with van der Waals surface area (Å²) >= 11 is 0. The molecule has 0 spiro atoms. The summed E-state index contributed by atoms with van der Waals surface area (Å²) < 4.78 is 0. The van der Waals surface area contributed by atoms with Crippen molar-refractivity contribution in [2.24, 2.45) is 11.7 Å². The van der Waals surface area contributed by atoms with Crippen LogP contribution in [0.1, 0.15) is 68.9 Å². The van der Waals surface area contributed by atoms with E-state index in [-0.39, 0.29) is 29.8 Å². The third kappa shape index (κ3) is 3.89. The van der Waals surface area contributed by atoms with E-state index in [2.05, 4.69) is 43.4 Å². The number of hydrogen-bond donors (Lipinski definition) is 2. The Morgan fingerprint density at radius 3 is 2.39 bits per heavy atom. The lowest BCUT2D eigenvalue weighted by Crippen LogP contribution is -2.52. The fourth-order valence-electron chi connectivity index (χ4n) is 3.77. The van der Waals surface area contributed by atoms with E-state index >= 15 is 0 Å². The molecule has 3 rings (SSSR count). The predicted molar refractivity (Wildman–Crippen MR) is 97.0 cm³/mol. The van der Waals surface area contributed by atoms with E-state index in [0.717, 1.165) is 19.3 Å². The van der Waals surface area contributed by atoms with Crippen molar-refractivity contribution >= 4 is 18.3 Å². The van der Waals surface area contributed by atoms with Crippen LogP contribution in [0.5, 0.6) is 0 Å². The Kier molecular flexibility index (Phi) is 5.74. The highest BCUT2D eigenvalue weighted by Gasteiger charge is 2.46. The number of amides is 1. The molecule has 0 bridgehead atoms. The molecule has 4 heteroatoms. The molecule has 1 aromatic carbocycles. The number of carbonyl (C=O) groups is 1. The number of nitrogens with one attached hydrogen (secondary N) is 1. The maximum atomic E-state index is 12.5. The van der Waals surface area contributed by atoms with Gasteiger partial charge in [-0.2, -0.15) is 0 Å². The summed E-state index contributed by atoms with van der Waals surface area (Å²) in [6.45, 7) is 4.98. The molecule has 23 heavy (non-hydrogen) atoms. The van der Waals surface area contributed by atoms with Gasteiger partial charge in [-0.05, 0) is 42.2 Å². The molecule has 0 radical (unpaired) electrons. The second-order valence-corrected chi connectivity index (χ2v) is 7.45. The van der Waals surface area contributed by atoms with Gasteiger partial charge in [-0.3, -0.25) is 4.79 Å². The fourth-order valence-corrected chi connectivity index (χ4v) is 3.77. The number of nitrogens with two attached hydrogens (primary N) is 1. The smallest absolute Gasteiger partial charge is 0.224 e. The van der Waals surface area contributed by atoms with E-state index < -0.39 is 0 Å². The van der Waals surface area contributed by atoms with Crippen LogP contribution < -0.4 is 11.1 Å². The van der Waals surface area contributed by atoms with Crippen LogP contribution in [0.15, 0.2) is 24.3 Å². The van der Waals surface area contributed by atoms with Crippen molar-refractivity contribution in [3.8, 4) is 0 Å². The van der Waals surface area contributed by atoms with Gasteiger partial charge in [0, 0.05) is 12.5 Å². The molecular weight excluding hydrogens is 308 g/mol. The van der Waals surface area contributed by atoms with Gasteiger partial charge in [0.1, 0.15) is 0 Å². The molecule has 0 aliphatic heterocycles. The van der Waals surface area contributed by atoms with Crippen LogP contribution in [0.3, 0.4) is 0 Å². The SMILES string of the molecule is CC(C)c1ccc(C2CC2C(=O)NC2(CN)CCCC2)cc1.Cl. The summed E-state index contributed by atoms with van der Waals surface area (Å²) in [5.74, 6) is 1.32. The number of rotatable bonds is 5. The van der Waals surface area contributed by atoms with E-state index in [1.807, 2.05) is 0 Å². The van der Waals surface area contributed by atoms with E-state index in [4.69, 9.17) is 5.73 Å². The van der Waals surface area contributed by atoms with Crippen molar-refractivity contribution in [1.29, 1.82) is 0 Å². The largest absolute Gasteiger partial charge is 0.349 e. The summed E-state index contributed by atoms with van der Waals surface area (Å²) in [5.41, 5.74) is 8.46. The van der Waals surface area contributed by atoms with Gasteiger partial charge in [-0.15, -0.1) is 12.4 Å². The first-order chi connectivity index (χ1) is 10.5. The van der Waals surface area contributed by atoms with Crippen LogP contribution >= 0.6 is 12.4 Å². The molecule has 2 aliphatic rings. The van der Waals surface area contributed by atoms with Crippen molar-refractivity contribution in [2.75, 3.05) is 6.54 Å². The first kappa shape index (κ1) is 18.3. The molecule has 3 N–H and O–H groups in total. The average molecular weight is 337 g/mol. The summed E-state index contributed by atoms with van der Waals surface area (Å²) in [4.78, 5) is 12.5. The number of carbonyl (C=O) groups excluding carboxylic acids is 1. The molecule has 2 saturated carbocycles. The molecule has 2 unspecified atom stereocenters. The number of halogens is 1. The number of hydrogen-bond acceptors (Lipinski definition) is 2. The first-order valence-electron chi connectivity index (χ1n) is 8.66. The second kappa shape index (κ2) is 7.23. The Morgan fingerprint density at radius 2 is 1.87 bits per heavy atom. The van der Waals surface area contributed by atoms with Gasteiger partial charge in [-0.25, -0.2) is 0 Å². The third-order valence-electron chi connectivity index (χ3n) is 5.50. The molecule has 1 amide bonds. The van der Waals surface area contributed by atoms with Crippen LogP contribution in [-0.2, 0) is 4.79 Å². The zero-order chi connectivity index (χ0) is 15.7. The summed E-state index contributed by atoms with van der Waals surface area (Å²) in [6.07, 6.45) is 5.42. The maximum Gasteiger partial charge on any atom is 0.224 e. The first-order valence-corrected chi connectivity index (χ1v) is 8.66. The zero-order valence-electron chi connectivity index (χ0n) is 14.2. The van der Waals surface area contributed by atoms with Gasteiger partial charge in [-0.1, -0.05) is 51.0 Å². The molecule has 2 aliphatic carbocycles. The van der Waals surface area contributed by atoms with Crippen LogP contribution in [-0.4, -0.2) is 18.0 Å². The second-order valence-electron chi connectivity index (χ2n) is 7.45. The topological polar surface area (TPSA) is 55.1 Å². The fraction of sp³-hybridized carbons (Fsp3) is 0.632. The van der Waals surface area contributed by atoms with E-state index in [1.54, 1.807) is 0 Å². The van der Waals surface area contributed by atoms with E-state index in [0.29, 0.717) is 18.4 Å². The van der Waals surface area contributed by atoms with Crippen molar-refractivity contribution < 1.29 is 4.79 Å².